The Labute approximate surface area is 127 Å². The van der Waals surface area contributed by atoms with Crippen LogP contribution in [-0.2, 0) is 6.18 Å². The van der Waals surface area contributed by atoms with Gasteiger partial charge in [0.25, 0.3) is 0 Å². The molecule has 2 nitrogen and oxygen atoms in total. The minimum atomic E-state index is -4.70. The summed E-state index contributed by atoms with van der Waals surface area (Å²) in [5.74, 6) is -1.29. The molecule has 1 heterocycles. The normalized spacial score (nSPS) is 13.2. The van der Waals surface area contributed by atoms with E-state index < -0.39 is 23.6 Å². The summed E-state index contributed by atoms with van der Waals surface area (Å²) in [5.41, 5.74) is -0.317. The van der Waals surface area contributed by atoms with Crippen LogP contribution in [0.3, 0.4) is 0 Å². The summed E-state index contributed by atoms with van der Waals surface area (Å²) in [6, 6.07) is 5.85. The summed E-state index contributed by atoms with van der Waals surface area (Å²) in [4.78, 5) is 4.17. The molecule has 2 rings (SSSR count). The van der Waals surface area contributed by atoms with Crippen molar-refractivity contribution in [1.29, 1.82) is 0 Å². The highest BCUT2D eigenvalue weighted by Crippen LogP contribution is 2.33. The zero-order chi connectivity index (χ0) is 15.6. The van der Waals surface area contributed by atoms with E-state index in [9.17, 15) is 17.6 Å². The first-order valence-electron chi connectivity index (χ1n) is 5.98. The molecule has 1 unspecified atom stereocenters. The van der Waals surface area contributed by atoms with Gasteiger partial charge in [-0.15, -0.1) is 0 Å². The quantitative estimate of drug-likeness (QED) is 0.823. The number of nitrogens with one attached hydrogen (secondary N) is 1. The highest BCUT2D eigenvalue weighted by Gasteiger charge is 2.34. The van der Waals surface area contributed by atoms with Crippen LogP contribution in [0.4, 0.5) is 17.6 Å². The first-order chi connectivity index (χ1) is 9.82. The van der Waals surface area contributed by atoms with Crippen LogP contribution in [0.15, 0.2) is 41.0 Å². The number of pyridine rings is 1. The van der Waals surface area contributed by atoms with Gasteiger partial charge in [-0.1, -0.05) is 6.07 Å². The first kappa shape index (κ1) is 15.9. The number of hydrogen-bond donors (Lipinski definition) is 1. The van der Waals surface area contributed by atoms with Gasteiger partial charge in [-0.05, 0) is 52.8 Å². The van der Waals surface area contributed by atoms with Crippen LogP contribution in [0.25, 0.3) is 0 Å². The van der Waals surface area contributed by atoms with Crippen molar-refractivity contribution in [3.8, 4) is 0 Å². The molecule has 1 aromatic carbocycles. The van der Waals surface area contributed by atoms with Crippen LogP contribution >= 0.6 is 15.9 Å². The average molecular weight is 363 g/mol. The molecular weight excluding hydrogens is 352 g/mol. The summed E-state index contributed by atoms with van der Waals surface area (Å²) >= 11 is 3.25. The first-order valence-corrected chi connectivity index (χ1v) is 6.77. The molecule has 0 fully saturated rings. The number of alkyl halides is 3. The van der Waals surface area contributed by atoms with Gasteiger partial charge in [-0.3, -0.25) is 4.98 Å². The van der Waals surface area contributed by atoms with Crippen molar-refractivity contribution in [3.63, 3.8) is 0 Å². The maximum atomic E-state index is 13.6. The predicted molar refractivity (Wildman–Crippen MR) is 74.2 cm³/mol. The van der Waals surface area contributed by atoms with Gasteiger partial charge in [0.2, 0.25) is 0 Å². The number of benzene rings is 1. The predicted octanol–water partition coefficient (Wildman–Crippen LogP) is 4.31. The summed E-state index contributed by atoms with van der Waals surface area (Å²) in [6.45, 7) is 0. The summed E-state index contributed by atoms with van der Waals surface area (Å²) in [5, 5.41) is 2.91. The fourth-order valence-electron chi connectivity index (χ4n) is 1.98. The van der Waals surface area contributed by atoms with Crippen LogP contribution in [0, 0.1) is 5.82 Å². The molecule has 0 aliphatic heterocycles. The fourth-order valence-corrected chi connectivity index (χ4v) is 2.22. The maximum Gasteiger partial charge on any atom is 0.419 e. The Morgan fingerprint density at radius 2 is 1.90 bits per heavy atom. The Hall–Kier alpha value is -1.47. The molecule has 2 aromatic rings. The SMILES string of the molecule is CNC(c1ccc(C(F)(F)F)c(F)c1)c1ccc(Br)cn1. The van der Waals surface area contributed by atoms with Crippen molar-refractivity contribution < 1.29 is 17.6 Å². The Bertz CT molecular complexity index is 626. The maximum absolute atomic E-state index is 13.6. The molecule has 21 heavy (non-hydrogen) atoms. The third-order valence-corrected chi connectivity index (χ3v) is 3.44. The summed E-state index contributed by atoms with van der Waals surface area (Å²) < 4.78 is 52.1. The minimum Gasteiger partial charge on any atom is -0.308 e. The molecule has 0 aliphatic rings. The Balaban J connectivity index is 2.40. The van der Waals surface area contributed by atoms with E-state index in [0.717, 1.165) is 16.6 Å². The van der Waals surface area contributed by atoms with Gasteiger partial charge in [-0.25, -0.2) is 4.39 Å². The molecule has 0 saturated carbocycles. The lowest BCUT2D eigenvalue weighted by molar-refractivity contribution is -0.140. The second kappa shape index (κ2) is 6.11. The van der Waals surface area contributed by atoms with E-state index >= 15 is 0 Å². The van der Waals surface area contributed by atoms with E-state index in [1.54, 1.807) is 25.4 Å². The van der Waals surface area contributed by atoms with E-state index in [2.05, 4.69) is 26.2 Å². The molecule has 0 aliphatic carbocycles. The summed E-state index contributed by atoms with van der Waals surface area (Å²) in [7, 11) is 1.63. The molecule has 1 atom stereocenters. The minimum absolute atomic E-state index is 0.373. The van der Waals surface area contributed by atoms with Gasteiger partial charge in [-0.2, -0.15) is 13.2 Å². The monoisotopic (exact) mass is 362 g/mol. The van der Waals surface area contributed by atoms with Crippen molar-refractivity contribution in [2.45, 2.75) is 12.2 Å². The fraction of sp³-hybridized carbons (Fsp3) is 0.214. The number of aromatic nitrogens is 1. The molecule has 0 bridgehead atoms. The second-order valence-electron chi connectivity index (χ2n) is 4.36. The van der Waals surface area contributed by atoms with Gasteiger partial charge in [0.15, 0.2) is 0 Å². The number of halogens is 5. The van der Waals surface area contributed by atoms with Crippen LogP contribution in [-0.4, -0.2) is 12.0 Å². The number of rotatable bonds is 3. The largest absolute Gasteiger partial charge is 0.419 e. The van der Waals surface area contributed by atoms with Crippen LogP contribution < -0.4 is 5.32 Å². The topological polar surface area (TPSA) is 24.9 Å². The van der Waals surface area contributed by atoms with Crippen LogP contribution in [0.2, 0.25) is 0 Å². The molecule has 1 aromatic heterocycles. The zero-order valence-corrected chi connectivity index (χ0v) is 12.5. The van der Waals surface area contributed by atoms with E-state index in [-0.39, 0.29) is 0 Å². The molecule has 7 heteroatoms. The standard InChI is InChI=1S/C14H11BrF4N2/c1-20-13(12-5-3-9(15)7-21-12)8-2-4-10(11(16)6-8)14(17,18)19/h2-7,13,20H,1H3. The highest BCUT2D eigenvalue weighted by atomic mass is 79.9. The lowest BCUT2D eigenvalue weighted by atomic mass is 10.0. The van der Waals surface area contributed by atoms with Crippen molar-refractivity contribution >= 4 is 15.9 Å². The van der Waals surface area contributed by atoms with Crippen molar-refractivity contribution in [2.24, 2.45) is 0 Å². The zero-order valence-electron chi connectivity index (χ0n) is 10.9. The highest BCUT2D eigenvalue weighted by molar-refractivity contribution is 9.10. The van der Waals surface area contributed by atoms with Gasteiger partial charge in [0, 0.05) is 10.7 Å². The smallest absolute Gasteiger partial charge is 0.308 e. The van der Waals surface area contributed by atoms with E-state index in [1.807, 2.05) is 0 Å². The van der Waals surface area contributed by atoms with Gasteiger partial charge in [0.1, 0.15) is 5.82 Å². The van der Waals surface area contributed by atoms with E-state index in [1.165, 1.54) is 6.07 Å². The second-order valence-corrected chi connectivity index (χ2v) is 5.28. The van der Waals surface area contributed by atoms with Crippen molar-refractivity contribution in [3.05, 3.63) is 63.6 Å². The molecule has 1 N–H and O–H groups in total. The number of nitrogens with zero attached hydrogens (tertiary/aromatic N) is 1. The Kier molecular flexibility index (Phi) is 4.63. The molecule has 112 valence electrons. The van der Waals surface area contributed by atoms with Crippen LogP contribution in [0.5, 0.6) is 0 Å². The molecule has 0 saturated heterocycles. The third-order valence-electron chi connectivity index (χ3n) is 2.97. The Morgan fingerprint density at radius 1 is 1.19 bits per heavy atom. The third kappa shape index (κ3) is 3.59. The van der Waals surface area contributed by atoms with Crippen molar-refractivity contribution in [2.75, 3.05) is 7.05 Å². The lowest BCUT2D eigenvalue weighted by Gasteiger charge is -2.17. The Morgan fingerprint density at radius 3 is 2.38 bits per heavy atom. The molecule has 0 amide bonds. The van der Waals surface area contributed by atoms with Crippen molar-refractivity contribution in [1.82, 2.24) is 10.3 Å². The molecule has 0 radical (unpaired) electrons. The summed E-state index contributed by atoms with van der Waals surface area (Å²) in [6.07, 6.45) is -3.13. The van der Waals surface area contributed by atoms with Gasteiger partial charge >= 0.3 is 6.18 Å². The average Bonchev–Trinajstić information content (AvgIpc) is 2.40. The van der Waals surface area contributed by atoms with E-state index in [0.29, 0.717) is 11.3 Å². The van der Waals surface area contributed by atoms with Gasteiger partial charge < -0.3 is 5.32 Å². The molecule has 0 spiro atoms. The lowest BCUT2D eigenvalue weighted by Crippen LogP contribution is -2.19. The van der Waals surface area contributed by atoms with Crippen LogP contribution in [0.1, 0.15) is 22.9 Å². The van der Waals surface area contributed by atoms with E-state index in [4.69, 9.17) is 0 Å². The molecular formula is C14H11BrF4N2. The van der Waals surface area contributed by atoms with Gasteiger partial charge in [0.05, 0.1) is 17.3 Å². The number of hydrogen-bond acceptors (Lipinski definition) is 2.